The summed E-state index contributed by atoms with van der Waals surface area (Å²) in [5.74, 6) is 0.543. The van der Waals surface area contributed by atoms with Crippen LogP contribution in [0.1, 0.15) is 34.7 Å². The molecule has 0 amide bonds. The van der Waals surface area contributed by atoms with E-state index in [-0.39, 0.29) is 5.91 Å². The molecule has 4 nitrogen and oxygen atoms in total. The highest BCUT2D eigenvalue weighted by atomic mass is 79.9. The van der Waals surface area contributed by atoms with E-state index in [9.17, 15) is 4.79 Å². The van der Waals surface area contributed by atoms with Gasteiger partial charge in [-0.1, -0.05) is 34.1 Å². The average molecular weight is 398 g/mol. The number of carbonyl (C=O) groups is 1. The number of hydrogen-bond donors (Lipinski definition) is 1. The van der Waals surface area contributed by atoms with Crippen LogP contribution in [0.5, 0.6) is 0 Å². The molecule has 0 radical (unpaired) electrons. The predicted molar refractivity (Wildman–Crippen MR) is 103 cm³/mol. The summed E-state index contributed by atoms with van der Waals surface area (Å²) in [4.78, 5) is 17.6. The molecule has 128 valence electrons. The summed E-state index contributed by atoms with van der Waals surface area (Å²) in [6.45, 7) is 2.05. The summed E-state index contributed by atoms with van der Waals surface area (Å²) in [5.41, 5.74) is 4.09. The molecule has 0 atom stereocenters. The summed E-state index contributed by atoms with van der Waals surface area (Å²) in [6.07, 6.45) is 6.39. The van der Waals surface area contributed by atoms with Gasteiger partial charge < -0.3 is 5.32 Å². The van der Waals surface area contributed by atoms with Crippen molar-refractivity contribution in [3.05, 3.63) is 64.4 Å². The van der Waals surface area contributed by atoms with Gasteiger partial charge in [-0.3, -0.25) is 14.3 Å². The second kappa shape index (κ2) is 7.10. The SMILES string of the molecule is O=C(Cc1ccccc1Br)n1cc(C2CCNCC2)c2ncccc21. The fourth-order valence-electron chi connectivity index (χ4n) is 3.61. The molecule has 1 aliphatic heterocycles. The summed E-state index contributed by atoms with van der Waals surface area (Å²) < 4.78 is 2.76. The maximum atomic E-state index is 13.0. The van der Waals surface area contributed by atoms with Crippen LogP contribution in [-0.2, 0) is 6.42 Å². The zero-order chi connectivity index (χ0) is 17.2. The van der Waals surface area contributed by atoms with Gasteiger partial charge in [0.25, 0.3) is 0 Å². The van der Waals surface area contributed by atoms with Crippen molar-refractivity contribution in [3.8, 4) is 0 Å². The number of piperidine rings is 1. The van der Waals surface area contributed by atoms with Crippen molar-refractivity contribution in [2.75, 3.05) is 13.1 Å². The second-order valence-corrected chi connectivity index (χ2v) is 7.37. The molecule has 0 aliphatic carbocycles. The fourth-order valence-corrected chi connectivity index (χ4v) is 4.04. The van der Waals surface area contributed by atoms with Crippen molar-refractivity contribution < 1.29 is 4.79 Å². The van der Waals surface area contributed by atoms with Crippen molar-refractivity contribution in [1.82, 2.24) is 14.9 Å². The monoisotopic (exact) mass is 397 g/mol. The average Bonchev–Trinajstić information content (AvgIpc) is 3.04. The molecule has 1 fully saturated rings. The van der Waals surface area contributed by atoms with Crippen LogP contribution >= 0.6 is 15.9 Å². The number of nitrogens with one attached hydrogen (secondary N) is 1. The topological polar surface area (TPSA) is 46.9 Å². The number of aromatic nitrogens is 2. The molecule has 3 heterocycles. The van der Waals surface area contributed by atoms with Crippen LogP contribution in [0.2, 0.25) is 0 Å². The molecular weight excluding hydrogens is 378 g/mol. The van der Waals surface area contributed by atoms with E-state index in [1.807, 2.05) is 48.8 Å². The minimum atomic E-state index is 0.0742. The Morgan fingerprint density at radius 1 is 1.20 bits per heavy atom. The van der Waals surface area contributed by atoms with E-state index >= 15 is 0 Å². The first kappa shape index (κ1) is 16.5. The number of nitrogens with zero attached hydrogens (tertiary/aromatic N) is 2. The lowest BCUT2D eigenvalue weighted by Crippen LogP contribution is -2.26. The van der Waals surface area contributed by atoms with Crippen LogP contribution in [0, 0.1) is 0 Å². The summed E-state index contributed by atoms with van der Waals surface area (Å²) in [5, 5.41) is 3.40. The number of rotatable bonds is 3. The molecule has 1 N–H and O–H groups in total. The highest BCUT2D eigenvalue weighted by Gasteiger charge is 2.23. The smallest absolute Gasteiger partial charge is 0.235 e. The lowest BCUT2D eigenvalue weighted by Gasteiger charge is -2.21. The number of fused-ring (bicyclic) bond motifs is 1. The van der Waals surface area contributed by atoms with Crippen LogP contribution < -0.4 is 5.32 Å². The largest absolute Gasteiger partial charge is 0.317 e. The van der Waals surface area contributed by atoms with Gasteiger partial charge in [0.15, 0.2) is 0 Å². The van der Waals surface area contributed by atoms with Gasteiger partial charge in [-0.2, -0.15) is 0 Å². The molecule has 0 unspecified atom stereocenters. The first-order valence-electron chi connectivity index (χ1n) is 8.67. The van der Waals surface area contributed by atoms with Gasteiger partial charge in [0.05, 0.1) is 17.5 Å². The number of carbonyl (C=O) groups excluding carboxylic acids is 1. The third-order valence-electron chi connectivity index (χ3n) is 4.93. The van der Waals surface area contributed by atoms with E-state index in [1.54, 1.807) is 4.57 Å². The summed E-state index contributed by atoms with van der Waals surface area (Å²) in [7, 11) is 0. The minimum absolute atomic E-state index is 0.0742. The van der Waals surface area contributed by atoms with Gasteiger partial charge in [-0.25, -0.2) is 0 Å². The van der Waals surface area contributed by atoms with Gasteiger partial charge in [-0.15, -0.1) is 0 Å². The molecule has 0 saturated carbocycles. The maximum Gasteiger partial charge on any atom is 0.235 e. The van der Waals surface area contributed by atoms with E-state index in [0.29, 0.717) is 12.3 Å². The van der Waals surface area contributed by atoms with Gasteiger partial charge in [0.2, 0.25) is 5.91 Å². The predicted octanol–water partition coefficient (Wildman–Crippen LogP) is 4.15. The Kier molecular flexibility index (Phi) is 4.68. The standard InChI is InChI=1S/C20H20BrN3O/c21-17-5-2-1-4-15(17)12-19(25)24-13-16(14-7-10-22-11-8-14)20-18(24)6-3-9-23-20/h1-6,9,13-14,22H,7-8,10-12H2. The van der Waals surface area contributed by atoms with Crippen molar-refractivity contribution in [1.29, 1.82) is 0 Å². The number of pyridine rings is 1. The Bertz CT molecular complexity index is 912. The van der Waals surface area contributed by atoms with Crippen LogP contribution in [0.15, 0.2) is 53.3 Å². The molecule has 5 heteroatoms. The first-order chi connectivity index (χ1) is 12.2. The van der Waals surface area contributed by atoms with E-state index in [1.165, 1.54) is 5.56 Å². The normalized spacial score (nSPS) is 15.6. The van der Waals surface area contributed by atoms with Crippen LogP contribution in [0.4, 0.5) is 0 Å². The molecule has 25 heavy (non-hydrogen) atoms. The van der Waals surface area contributed by atoms with Crippen LogP contribution in [0.3, 0.4) is 0 Å². The molecular formula is C20H20BrN3O. The van der Waals surface area contributed by atoms with Gasteiger partial charge >= 0.3 is 0 Å². The van der Waals surface area contributed by atoms with Gasteiger partial charge in [-0.05, 0) is 61.2 Å². The third-order valence-corrected chi connectivity index (χ3v) is 5.71. The van der Waals surface area contributed by atoms with Gasteiger partial charge in [0.1, 0.15) is 0 Å². The highest BCUT2D eigenvalue weighted by molar-refractivity contribution is 9.10. The van der Waals surface area contributed by atoms with E-state index in [0.717, 1.165) is 47.0 Å². The van der Waals surface area contributed by atoms with E-state index in [2.05, 4.69) is 26.2 Å². The molecule has 0 bridgehead atoms. The molecule has 4 rings (SSSR count). The lowest BCUT2D eigenvalue weighted by atomic mass is 9.91. The Hall–Kier alpha value is -1.98. The van der Waals surface area contributed by atoms with Crippen molar-refractivity contribution >= 4 is 32.9 Å². The summed E-state index contributed by atoms with van der Waals surface area (Å²) >= 11 is 3.53. The fraction of sp³-hybridized carbons (Fsp3) is 0.300. The highest BCUT2D eigenvalue weighted by Crippen LogP contribution is 2.32. The quantitative estimate of drug-likeness (QED) is 0.721. The summed E-state index contributed by atoms with van der Waals surface area (Å²) in [6, 6.07) is 11.8. The Labute approximate surface area is 155 Å². The second-order valence-electron chi connectivity index (χ2n) is 6.51. The van der Waals surface area contributed by atoms with Crippen molar-refractivity contribution in [2.45, 2.75) is 25.2 Å². The number of halogens is 1. The molecule has 1 aliphatic rings. The van der Waals surface area contributed by atoms with Crippen molar-refractivity contribution in [2.24, 2.45) is 0 Å². The van der Waals surface area contributed by atoms with E-state index in [4.69, 9.17) is 0 Å². The first-order valence-corrected chi connectivity index (χ1v) is 9.46. The Morgan fingerprint density at radius 3 is 2.80 bits per heavy atom. The number of benzene rings is 1. The maximum absolute atomic E-state index is 13.0. The molecule has 0 spiro atoms. The lowest BCUT2D eigenvalue weighted by molar-refractivity contribution is 0.0919. The Balaban J connectivity index is 1.72. The Morgan fingerprint density at radius 2 is 2.00 bits per heavy atom. The van der Waals surface area contributed by atoms with E-state index < -0.39 is 0 Å². The van der Waals surface area contributed by atoms with Crippen LogP contribution in [0.25, 0.3) is 11.0 Å². The van der Waals surface area contributed by atoms with Crippen molar-refractivity contribution in [3.63, 3.8) is 0 Å². The zero-order valence-corrected chi connectivity index (χ0v) is 15.5. The van der Waals surface area contributed by atoms with Crippen LogP contribution in [-0.4, -0.2) is 28.5 Å². The molecule has 3 aromatic rings. The number of hydrogen-bond acceptors (Lipinski definition) is 3. The molecule has 2 aromatic heterocycles. The zero-order valence-electron chi connectivity index (χ0n) is 13.9. The minimum Gasteiger partial charge on any atom is -0.317 e. The molecule has 1 saturated heterocycles. The van der Waals surface area contributed by atoms with Gasteiger partial charge in [0, 0.05) is 16.9 Å². The molecule has 1 aromatic carbocycles. The third kappa shape index (κ3) is 3.26.